The average molecular weight is 687 g/mol. The first kappa shape index (κ1) is 39.7. The van der Waals surface area contributed by atoms with Gasteiger partial charge in [-0.15, -0.1) is 0 Å². The third kappa shape index (κ3) is 9.29. The van der Waals surface area contributed by atoms with Gasteiger partial charge in [-0.3, -0.25) is 9.59 Å². The predicted molar refractivity (Wildman–Crippen MR) is 180 cm³/mol. The van der Waals surface area contributed by atoms with Crippen molar-refractivity contribution < 1.29 is 47.6 Å². The van der Waals surface area contributed by atoms with Crippen molar-refractivity contribution in [2.24, 2.45) is 17.8 Å². The van der Waals surface area contributed by atoms with Gasteiger partial charge in [-0.25, -0.2) is 13.2 Å². The van der Waals surface area contributed by atoms with Crippen LogP contribution in [0.5, 0.6) is 0 Å². The fraction of sp³-hybridized carbons (Fsp3) is 0.487. The summed E-state index contributed by atoms with van der Waals surface area (Å²) in [6, 6.07) is 19.2. The van der Waals surface area contributed by atoms with E-state index in [4.69, 9.17) is 14.6 Å². The molecule has 0 spiro atoms. The maximum atomic E-state index is 13.2. The zero-order valence-corrected chi connectivity index (χ0v) is 27.6. The molecule has 3 aliphatic rings. The Morgan fingerprint density at radius 2 is 1.00 bits per heavy atom. The molecule has 0 saturated heterocycles. The summed E-state index contributed by atoms with van der Waals surface area (Å²) in [7, 11) is 0. The predicted octanol–water partition coefficient (Wildman–Crippen LogP) is 6.40. The lowest BCUT2D eigenvalue weighted by Crippen LogP contribution is -2.18. The van der Waals surface area contributed by atoms with Crippen LogP contribution in [0.2, 0.25) is 0 Å². The number of hydrogen-bond donors (Lipinski definition) is 3. The molecule has 3 saturated carbocycles. The van der Waals surface area contributed by atoms with E-state index < -0.39 is 10.8 Å². The summed E-state index contributed by atoms with van der Waals surface area (Å²) in [6.45, 7) is 5.56. The molecule has 10 heteroatoms. The van der Waals surface area contributed by atoms with E-state index in [9.17, 15) is 33.0 Å². The van der Waals surface area contributed by atoms with E-state index in [1.807, 2.05) is 6.07 Å². The summed E-state index contributed by atoms with van der Waals surface area (Å²) >= 11 is 0. The highest BCUT2D eigenvalue weighted by Crippen LogP contribution is 2.57. The number of carbonyl (C=O) groups is 2. The molecular formula is C39H49F3O7. The fourth-order valence-electron chi connectivity index (χ4n) is 6.92. The summed E-state index contributed by atoms with van der Waals surface area (Å²) < 4.78 is 49.3. The molecule has 49 heavy (non-hydrogen) atoms. The van der Waals surface area contributed by atoms with Gasteiger partial charge in [-0.05, 0) is 84.7 Å². The topological polar surface area (TPSA) is 113 Å². The third-order valence-electron chi connectivity index (χ3n) is 10.3. The Morgan fingerprint density at radius 3 is 1.33 bits per heavy atom. The Hall–Kier alpha value is -3.73. The molecule has 268 valence electrons. The van der Waals surface area contributed by atoms with Gasteiger partial charge in [0, 0.05) is 48.5 Å². The lowest BCUT2D eigenvalue weighted by atomic mass is 9.90. The van der Waals surface area contributed by atoms with Crippen molar-refractivity contribution >= 4 is 11.9 Å². The molecule has 0 bridgehead atoms. The van der Waals surface area contributed by atoms with Crippen LogP contribution in [0.25, 0.3) is 0 Å². The van der Waals surface area contributed by atoms with Crippen LogP contribution in [-0.2, 0) is 35.3 Å². The molecule has 0 aromatic heterocycles. The van der Waals surface area contributed by atoms with Crippen LogP contribution in [0.1, 0.15) is 70.6 Å². The van der Waals surface area contributed by atoms with Crippen molar-refractivity contribution in [3.8, 4) is 0 Å². The molecular weight excluding hydrogens is 637 g/mol. The van der Waals surface area contributed by atoms with Gasteiger partial charge in [0.15, 0.2) is 0 Å². The standard InChI is InChI=1S/C14H17FO2.C13H15FO3.C11H13FO2.CH4/c1-3-14(8-12(14)9-17-10(2)16)11-5-4-6-13(15)7-11;1-9(16)17-7-11-6-13(11,8-15)10-3-2-4-12(14)5-10;12-10-3-1-2-8(4-10)11(7-14)5-9(11)6-13;/h4-7,12H,3,8-9H2,1-2H3;2-5,11,15H,6-8H2,1H3;1-4,9,13-14H,5-7H2;1H4/t12-,14-;11-,13+;9-,11+;/m000./s1. The number of aliphatic hydroxyl groups excluding tert-OH is 3. The van der Waals surface area contributed by atoms with Gasteiger partial charge in [0.05, 0.1) is 26.4 Å². The van der Waals surface area contributed by atoms with Crippen molar-refractivity contribution in [2.75, 3.05) is 33.0 Å². The molecule has 3 aromatic carbocycles. The minimum atomic E-state index is -0.433. The SMILES string of the molecule is C.CC(=O)OC[C@@H]1C[C@@]1(CO)c1cccc(F)c1.CC[C@@]1(c2cccc(F)c2)C[C@H]1COC(C)=O.OC[C@@H]1C[C@@]1(CO)c1cccc(F)c1. The molecule has 0 heterocycles. The Morgan fingerprint density at radius 1 is 0.653 bits per heavy atom. The average Bonchev–Trinajstić information content (AvgIpc) is 4.00. The highest BCUT2D eigenvalue weighted by Gasteiger charge is 2.56. The van der Waals surface area contributed by atoms with E-state index in [2.05, 4.69) is 6.92 Å². The molecule has 0 radical (unpaired) electrons. The Balaban J connectivity index is 0.000000198. The summed E-state index contributed by atoms with van der Waals surface area (Å²) in [4.78, 5) is 21.5. The number of rotatable bonds is 11. The van der Waals surface area contributed by atoms with Gasteiger partial charge in [0.1, 0.15) is 17.5 Å². The van der Waals surface area contributed by atoms with Gasteiger partial charge >= 0.3 is 11.9 Å². The number of hydrogen-bond acceptors (Lipinski definition) is 7. The Bertz CT molecular complexity index is 1490. The van der Waals surface area contributed by atoms with Gasteiger partial charge in [-0.1, -0.05) is 50.7 Å². The third-order valence-corrected chi connectivity index (χ3v) is 10.3. The van der Waals surface area contributed by atoms with Crippen LogP contribution in [0, 0.1) is 35.2 Å². The maximum absolute atomic E-state index is 13.2. The summed E-state index contributed by atoms with van der Waals surface area (Å²) in [6.07, 6.45) is 3.38. The number of carbonyl (C=O) groups excluding carboxylic acids is 2. The number of aliphatic hydroxyl groups is 3. The minimum Gasteiger partial charge on any atom is -0.466 e. The van der Waals surface area contributed by atoms with Crippen LogP contribution >= 0.6 is 0 Å². The van der Waals surface area contributed by atoms with Gasteiger partial charge < -0.3 is 24.8 Å². The smallest absolute Gasteiger partial charge is 0.302 e. The Kier molecular flexibility index (Phi) is 13.6. The number of benzene rings is 3. The maximum Gasteiger partial charge on any atom is 0.302 e. The van der Waals surface area contributed by atoms with Crippen molar-refractivity contribution in [1.82, 2.24) is 0 Å². The van der Waals surface area contributed by atoms with Gasteiger partial charge in [0.25, 0.3) is 0 Å². The molecule has 6 atom stereocenters. The summed E-state index contributed by atoms with van der Waals surface area (Å²) in [5.41, 5.74) is 1.78. The molecule has 0 amide bonds. The normalized spacial score (nSPS) is 27.2. The largest absolute Gasteiger partial charge is 0.466 e. The molecule has 3 fully saturated rings. The molecule has 6 rings (SSSR count). The zero-order valence-electron chi connectivity index (χ0n) is 27.6. The highest BCUT2D eigenvalue weighted by molar-refractivity contribution is 5.66. The monoisotopic (exact) mass is 686 g/mol. The summed E-state index contributed by atoms with van der Waals surface area (Å²) in [5.74, 6) is -0.893. The van der Waals surface area contributed by atoms with Crippen LogP contribution in [0.15, 0.2) is 72.8 Å². The van der Waals surface area contributed by atoms with E-state index in [-0.39, 0.29) is 80.5 Å². The number of ether oxygens (including phenoxy) is 2. The molecule has 0 unspecified atom stereocenters. The quantitative estimate of drug-likeness (QED) is 0.200. The van der Waals surface area contributed by atoms with Crippen LogP contribution in [-0.4, -0.2) is 60.3 Å². The zero-order chi connectivity index (χ0) is 35.1. The van der Waals surface area contributed by atoms with E-state index in [1.54, 1.807) is 36.4 Å². The van der Waals surface area contributed by atoms with E-state index in [0.29, 0.717) is 12.5 Å². The van der Waals surface area contributed by atoms with Crippen LogP contribution in [0.4, 0.5) is 13.2 Å². The van der Waals surface area contributed by atoms with Crippen LogP contribution in [0.3, 0.4) is 0 Å². The molecule has 0 aliphatic heterocycles. The lowest BCUT2D eigenvalue weighted by molar-refractivity contribution is -0.142. The number of esters is 2. The van der Waals surface area contributed by atoms with Crippen molar-refractivity contribution in [3.63, 3.8) is 0 Å². The second-order valence-corrected chi connectivity index (χ2v) is 13.2. The fourth-order valence-corrected chi connectivity index (χ4v) is 6.92. The van der Waals surface area contributed by atoms with Crippen molar-refractivity contribution in [3.05, 3.63) is 107 Å². The van der Waals surface area contributed by atoms with E-state index in [0.717, 1.165) is 42.4 Å². The second kappa shape index (κ2) is 16.8. The molecule has 3 aliphatic carbocycles. The summed E-state index contributed by atoms with van der Waals surface area (Å²) in [5, 5.41) is 27.7. The first-order valence-corrected chi connectivity index (χ1v) is 16.3. The molecule has 7 nitrogen and oxygen atoms in total. The van der Waals surface area contributed by atoms with E-state index >= 15 is 0 Å². The minimum absolute atomic E-state index is 0. The van der Waals surface area contributed by atoms with Gasteiger partial charge in [0.2, 0.25) is 0 Å². The van der Waals surface area contributed by atoms with Crippen LogP contribution < -0.4 is 0 Å². The van der Waals surface area contributed by atoms with Gasteiger partial charge in [-0.2, -0.15) is 0 Å². The first-order valence-electron chi connectivity index (χ1n) is 16.3. The molecule has 3 aromatic rings. The highest BCUT2D eigenvalue weighted by atomic mass is 19.1. The van der Waals surface area contributed by atoms with Crippen molar-refractivity contribution in [1.29, 1.82) is 0 Å². The molecule has 3 N–H and O–H groups in total. The lowest BCUT2D eigenvalue weighted by Gasteiger charge is -2.15. The number of halogens is 3. The first-order chi connectivity index (χ1) is 22.9. The second-order valence-electron chi connectivity index (χ2n) is 13.2. The van der Waals surface area contributed by atoms with E-state index in [1.165, 1.54) is 44.2 Å². The van der Waals surface area contributed by atoms with Crippen molar-refractivity contribution in [2.45, 2.75) is 70.1 Å². The Labute approximate surface area is 287 Å².